The van der Waals surface area contributed by atoms with E-state index in [1.165, 1.54) is 95.5 Å². The van der Waals surface area contributed by atoms with Gasteiger partial charge in [0.15, 0.2) is 0 Å². The number of rotatable bonds is 18. The second kappa shape index (κ2) is 17.2. The lowest BCUT2D eigenvalue weighted by Gasteiger charge is -2.31. The molecular weight excluding hydrogens is 428 g/mol. The summed E-state index contributed by atoms with van der Waals surface area (Å²) in [6.07, 6.45) is 21.5. The summed E-state index contributed by atoms with van der Waals surface area (Å²) in [6.45, 7) is 15.9. The molecule has 35 heavy (non-hydrogen) atoms. The maximum Gasteiger partial charge on any atom is 0.339 e. The Morgan fingerprint density at radius 1 is 0.686 bits per heavy atom. The van der Waals surface area contributed by atoms with E-state index in [2.05, 4.69) is 60.6 Å². The van der Waals surface area contributed by atoms with Gasteiger partial charge in [0.1, 0.15) is 0 Å². The Hall–Kier alpha value is -1.31. The summed E-state index contributed by atoms with van der Waals surface area (Å²) in [6, 6.07) is 7.17. The van der Waals surface area contributed by atoms with Crippen LogP contribution in [0.4, 0.5) is 0 Å². The van der Waals surface area contributed by atoms with Gasteiger partial charge in [-0.3, -0.25) is 0 Å². The fourth-order valence-corrected chi connectivity index (χ4v) is 4.95. The Kier molecular flexibility index (Phi) is 15.6. The van der Waals surface area contributed by atoms with Gasteiger partial charge in [0.25, 0.3) is 0 Å². The van der Waals surface area contributed by atoms with Gasteiger partial charge in [0, 0.05) is 0 Å². The van der Waals surface area contributed by atoms with Crippen molar-refractivity contribution in [3.63, 3.8) is 0 Å². The predicted octanol–water partition coefficient (Wildman–Crippen LogP) is 10.5. The summed E-state index contributed by atoms with van der Waals surface area (Å²) in [5, 5.41) is 0. The third-order valence-electron chi connectivity index (χ3n) is 6.99. The van der Waals surface area contributed by atoms with Crippen molar-refractivity contribution in [2.24, 2.45) is 0 Å². The van der Waals surface area contributed by atoms with Crippen molar-refractivity contribution in [1.29, 1.82) is 0 Å². The molecule has 0 aliphatic heterocycles. The number of carbonyl (C=O) groups excluding carboxylic acids is 1. The average Bonchev–Trinajstić information content (AvgIpc) is 2.79. The summed E-state index contributed by atoms with van der Waals surface area (Å²) in [5.41, 5.74) is 2.73. The quantitative estimate of drug-likeness (QED) is 0.153. The van der Waals surface area contributed by atoms with Crippen molar-refractivity contribution < 1.29 is 9.53 Å². The third kappa shape index (κ3) is 13.5. The van der Waals surface area contributed by atoms with Gasteiger partial charge >= 0.3 is 5.97 Å². The van der Waals surface area contributed by atoms with Crippen LogP contribution in [0.2, 0.25) is 0 Å². The zero-order valence-corrected chi connectivity index (χ0v) is 24.5. The van der Waals surface area contributed by atoms with Crippen molar-refractivity contribution in [3.05, 3.63) is 34.9 Å². The molecule has 1 radical (unpaired) electrons. The molecule has 0 saturated heterocycles. The summed E-state index contributed by atoms with van der Waals surface area (Å²) in [4.78, 5) is 12.9. The molecule has 0 saturated carbocycles. The molecule has 201 valence electrons. The number of unbranched alkanes of at least 4 members (excludes halogenated alkanes) is 15. The monoisotopic (exact) mass is 485 g/mol. The van der Waals surface area contributed by atoms with Crippen molar-refractivity contribution in [2.75, 3.05) is 6.61 Å². The molecule has 2 heteroatoms. The molecule has 0 atom stereocenters. The molecule has 0 spiro atoms. The van der Waals surface area contributed by atoms with Gasteiger partial charge in [0.05, 0.1) is 12.2 Å². The maximum absolute atomic E-state index is 12.9. The molecule has 0 aliphatic carbocycles. The Morgan fingerprint density at radius 3 is 1.51 bits per heavy atom. The lowest BCUT2D eigenvalue weighted by molar-refractivity contribution is 0.0494. The fourth-order valence-electron chi connectivity index (χ4n) is 4.95. The van der Waals surface area contributed by atoms with Gasteiger partial charge in [-0.25, -0.2) is 4.79 Å². The average molecular weight is 486 g/mol. The highest BCUT2D eigenvalue weighted by molar-refractivity contribution is 5.91. The van der Waals surface area contributed by atoms with Gasteiger partial charge in [-0.2, -0.15) is 0 Å². The van der Waals surface area contributed by atoms with E-state index < -0.39 is 0 Å². The van der Waals surface area contributed by atoms with Crippen LogP contribution < -0.4 is 0 Å². The molecule has 0 aliphatic rings. The van der Waals surface area contributed by atoms with Crippen molar-refractivity contribution in [1.82, 2.24) is 0 Å². The number of esters is 1. The van der Waals surface area contributed by atoms with Crippen LogP contribution in [0, 0.1) is 6.07 Å². The number of ether oxygens (including phenoxy) is 1. The zero-order valence-electron chi connectivity index (χ0n) is 24.5. The van der Waals surface area contributed by atoms with E-state index >= 15 is 0 Å². The Bertz CT molecular complexity index is 690. The minimum Gasteiger partial charge on any atom is -0.462 e. The topological polar surface area (TPSA) is 26.3 Å². The molecule has 2 nitrogen and oxygen atoms in total. The van der Waals surface area contributed by atoms with Crippen LogP contribution in [-0.4, -0.2) is 12.6 Å². The second-order valence-electron chi connectivity index (χ2n) is 12.6. The number of hydrogen-bond donors (Lipinski definition) is 0. The van der Waals surface area contributed by atoms with Crippen LogP contribution in [0.15, 0.2) is 12.1 Å². The van der Waals surface area contributed by atoms with Gasteiger partial charge in [-0.1, -0.05) is 157 Å². The Morgan fingerprint density at radius 2 is 1.11 bits per heavy atom. The highest BCUT2D eigenvalue weighted by atomic mass is 16.5. The smallest absolute Gasteiger partial charge is 0.339 e. The van der Waals surface area contributed by atoms with Crippen LogP contribution >= 0.6 is 0 Å². The van der Waals surface area contributed by atoms with Gasteiger partial charge in [-0.05, 0) is 34.4 Å². The maximum atomic E-state index is 12.9. The van der Waals surface area contributed by atoms with Gasteiger partial charge < -0.3 is 4.74 Å². The largest absolute Gasteiger partial charge is 0.462 e. The molecule has 0 bridgehead atoms. The molecule has 0 N–H and O–H groups in total. The molecule has 0 amide bonds. The van der Waals surface area contributed by atoms with E-state index in [-0.39, 0.29) is 16.8 Å². The van der Waals surface area contributed by atoms with Crippen molar-refractivity contribution in [3.8, 4) is 0 Å². The first-order chi connectivity index (χ1) is 16.6. The molecule has 1 rings (SSSR count). The molecule has 0 fully saturated rings. The van der Waals surface area contributed by atoms with E-state index in [9.17, 15) is 4.79 Å². The van der Waals surface area contributed by atoms with E-state index in [4.69, 9.17) is 4.74 Å². The minimum absolute atomic E-state index is 0.0272. The molecule has 0 heterocycles. The molecule has 0 unspecified atom stereocenters. The highest BCUT2D eigenvalue weighted by Gasteiger charge is 2.30. The normalized spacial score (nSPS) is 12.2. The SMILES string of the molecule is CCCCCCCCCCCCCCCCCCOC(=O)c1[c]ccc(C(C)(C)C)c1C(C)(C)C. The molecule has 0 aromatic heterocycles. The summed E-state index contributed by atoms with van der Waals surface area (Å²) < 4.78 is 5.68. The van der Waals surface area contributed by atoms with Crippen LogP contribution in [0.1, 0.15) is 173 Å². The molecular formula is C33H57O2. The first-order valence-corrected chi connectivity index (χ1v) is 14.8. The highest BCUT2D eigenvalue weighted by Crippen LogP contribution is 2.36. The lowest BCUT2D eigenvalue weighted by Crippen LogP contribution is -2.26. The zero-order chi connectivity index (χ0) is 26.2. The van der Waals surface area contributed by atoms with Crippen LogP contribution in [0.3, 0.4) is 0 Å². The number of benzene rings is 1. The number of carbonyl (C=O) groups is 1. The van der Waals surface area contributed by atoms with Gasteiger partial charge in [0.2, 0.25) is 0 Å². The molecule has 1 aromatic carbocycles. The van der Waals surface area contributed by atoms with E-state index in [0.717, 1.165) is 18.4 Å². The van der Waals surface area contributed by atoms with Gasteiger partial charge in [-0.15, -0.1) is 0 Å². The Labute approximate surface area is 219 Å². The molecule has 1 aromatic rings. The van der Waals surface area contributed by atoms with E-state index in [0.29, 0.717) is 12.2 Å². The fraction of sp³-hybridized carbons (Fsp3) is 0.788. The Balaban J connectivity index is 2.16. The third-order valence-corrected chi connectivity index (χ3v) is 6.99. The van der Waals surface area contributed by atoms with Crippen molar-refractivity contribution in [2.45, 2.75) is 162 Å². The first kappa shape index (κ1) is 31.7. The standard InChI is InChI=1S/C33H57O2/c1-8-9-10-11-12-13-14-15-16-17-18-19-20-21-22-23-27-35-31(34)28-25-24-26-29(32(2,3)4)30(28)33(5,6)7/h24,26H,8-23,27H2,1-7H3. The summed E-state index contributed by atoms with van der Waals surface area (Å²) in [7, 11) is 0. The van der Waals surface area contributed by atoms with E-state index in [1.54, 1.807) is 0 Å². The van der Waals surface area contributed by atoms with Crippen LogP contribution in [0.5, 0.6) is 0 Å². The van der Waals surface area contributed by atoms with Crippen LogP contribution in [-0.2, 0) is 15.6 Å². The minimum atomic E-state index is -0.220. The van der Waals surface area contributed by atoms with E-state index in [1.807, 2.05) is 6.07 Å². The summed E-state index contributed by atoms with van der Waals surface area (Å²) >= 11 is 0. The first-order valence-electron chi connectivity index (χ1n) is 14.8. The second-order valence-corrected chi connectivity index (χ2v) is 12.6. The predicted molar refractivity (Wildman–Crippen MR) is 153 cm³/mol. The summed E-state index contributed by atoms with van der Waals surface area (Å²) in [5.74, 6) is -0.220. The lowest BCUT2D eigenvalue weighted by atomic mass is 9.73. The number of hydrogen-bond acceptors (Lipinski definition) is 2. The van der Waals surface area contributed by atoms with Crippen LogP contribution in [0.25, 0.3) is 0 Å². The van der Waals surface area contributed by atoms with Crippen molar-refractivity contribution >= 4 is 5.97 Å².